The van der Waals surface area contributed by atoms with Gasteiger partial charge in [0.05, 0.1) is 11.7 Å². The lowest BCUT2D eigenvalue weighted by molar-refractivity contribution is -0.0831. The predicted octanol–water partition coefficient (Wildman–Crippen LogP) is 2.10. The Morgan fingerprint density at radius 3 is 2.75 bits per heavy atom. The molecule has 0 amide bonds. The molecule has 1 N–H and O–H groups in total. The molecule has 1 aliphatic heterocycles. The van der Waals surface area contributed by atoms with Gasteiger partial charge >= 0.3 is 0 Å². The zero-order chi connectivity index (χ0) is 11.6. The van der Waals surface area contributed by atoms with Gasteiger partial charge in [-0.25, -0.2) is 0 Å². The van der Waals surface area contributed by atoms with Gasteiger partial charge < -0.3 is 14.8 Å². The average Bonchev–Trinajstić information content (AvgIpc) is 2.23. The predicted molar refractivity (Wildman–Crippen MR) is 64.6 cm³/mol. The molecule has 1 saturated carbocycles. The van der Waals surface area contributed by atoms with E-state index in [1.54, 1.807) is 0 Å². The van der Waals surface area contributed by atoms with Crippen molar-refractivity contribution in [2.75, 3.05) is 13.7 Å². The molecule has 1 aliphatic carbocycles. The normalized spacial score (nSPS) is 44.1. The van der Waals surface area contributed by atoms with Crippen molar-refractivity contribution in [2.24, 2.45) is 0 Å². The number of ether oxygens (including phenoxy) is 2. The van der Waals surface area contributed by atoms with Crippen LogP contribution in [0.15, 0.2) is 0 Å². The van der Waals surface area contributed by atoms with E-state index in [4.69, 9.17) is 9.47 Å². The molecule has 1 saturated heterocycles. The van der Waals surface area contributed by atoms with Gasteiger partial charge in [0.2, 0.25) is 0 Å². The van der Waals surface area contributed by atoms with Crippen molar-refractivity contribution in [3.63, 3.8) is 0 Å². The molecule has 2 aliphatic rings. The van der Waals surface area contributed by atoms with Crippen molar-refractivity contribution in [3.05, 3.63) is 0 Å². The molecule has 0 bridgehead atoms. The van der Waals surface area contributed by atoms with Crippen LogP contribution in [0.5, 0.6) is 0 Å². The third-order valence-electron chi connectivity index (χ3n) is 4.24. The van der Waals surface area contributed by atoms with E-state index in [1.165, 1.54) is 12.8 Å². The zero-order valence-corrected chi connectivity index (χ0v) is 10.8. The maximum atomic E-state index is 5.86. The Balaban J connectivity index is 1.74. The molecule has 2 atom stereocenters. The van der Waals surface area contributed by atoms with Gasteiger partial charge in [-0.3, -0.25) is 0 Å². The molecule has 2 rings (SSSR count). The van der Waals surface area contributed by atoms with E-state index < -0.39 is 0 Å². The van der Waals surface area contributed by atoms with Crippen molar-refractivity contribution >= 4 is 0 Å². The van der Waals surface area contributed by atoms with Crippen LogP contribution < -0.4 is 5.32 Å². The molecule has 0 aromatic rings. The summed E-state index contributed by atoms with van der Waals surface area (Å²) >= 11 is 0. The molecule has 16 heavy (non-hydrogen) atoms. The molecule has 0 radical (unpaired) electrons. The summed E-state index contributed by atoms with van der Waals surface area (Å²) in [5.74, 6) is 0. The van der Waals surface area contributed by atoms with Gasteiger partial charge in [-0.1, -0.05) is 6.92 Å². The van der Waals surface area contributed by atoms with Crippen LogP contribution in [-0.4, -0.2) is 37.5 Å². The second-order valence-electron chi connectivity index (χ2n) is 5.53. The summed E-state index contributed by atoms with van der Waals surface area (Å²) in [7, 11) is 1.81. The van der Waals surface area contributed by atoms with Gasteiger partial charge in [0.15, 0.2) is 0 Å². The standard InChI is InChI=1S/C13H25NO2/c1-4-13(2)9-10(5-6-16-13)14-11-7-12(8-11)15-3/h10-12,14H,4-9H2,1-3H3. The molecule has 0 spiro atoms. The monoisotopic (exact) mass is 227 g/mol. The first kappa shape index (κ1) is 12.3. The maximum Gasteiger partial charge on any atom is 0.0666 e. The van der Waals surface area contributed by atoms with Crippen LogP contribution in [0.4, 0.5) is 0 Å². The number of methoxy groups -OCH3 is 1. The van der Waals surface area contributed by atoms with Crippen LogP contribution in [-0.2, 0) is 9.47 Å². The van der Waals surface area contributed by atoms with Crippen molar-refractivity contribution < 1.29 is 9.47 Å². The van der Waals surface area contributed by atoms with E-state index in [2.05, 4.69) is 19.2 Å². The van der Waals surface area contributed by atoms with Crippen molar-refractivity contribution in [1.29, 1.82) is 0 Å². The van der Waals surface area contributed by atoms with Crippen LogP contribution in [0.1, 0.15) is 46.0 Å². The Labute approximate surface area is 98.9 Å². The number of hydrogen-bond donors (Lipinski definition) is 1. The summed E-state index contributed by atoms with van der Waals surface area (Å²) in [6.45, 7) is 5.36. The van der Waals surface area contributed by atoms with E-state index in [0.29, 0.717) is 18.2 Å². The third kappa shape index (κ3) is 2.76. The average molecular weight is 227 g/mol. The van der Waals surface area contributed by atoms with E-state index in [9.17, 15) is 0 Å². The summed E-state index contributed by atoms with van der Waals surface area (Å²) in [6.07, 6.45) is 6.26. The molecule has 3 nitrogen and oxygen atoms in total. The van der Waals surface area contributed by atoms with Gasteiger partial charge in [-0.05, 0) is 39.0 Å². The minimum Gasteiger partial charge on any atom is -0.381 e. The lowest BCUT2D eigenvalue weighted by Crippen LogP contribution is -2.53. The van der Waals surface area contributed by atoms with Crippen LogP contribution in [0.3, 0.4) is 0 Å². The van der Waals surface area contributed by atoms with Crippen molar-refractivity contribution in [3.8, 4) is 0 Å². The van der Waals surface area contributed by atoms with Gasteiger partial charge in [-0.15, -0.1) is 0 Å². The highest BCUT2D eigenvalue weighted by atomic mass is 16.5. The highest BCUT2D eigenvalue weighted by molar-refractivity contribution is 4.92. The van der Waals surface area contributed by atoms with Gasteiger partial charge in [0.1, 0.15) is 0 Å². The minimum absolute atomic E-state index is 0.0975. The van der Waals surface area contributed by atoms with E-state index in [1.807, 2.05) is 7.11 Å². The van der Waals surface area contributed by atoms with Crippen LogP contribution in [0, 0.1) is 0 Å². The molecular formula is C13H25NO2. The first-order chi connectivity index (χ1) is 7.65. The van der Waals surface area contributed by atoms with Crippen LogP contribution in [0.25, 0.3) is 0 Å². The summed E-state index contributed by atoms with van der Waals surface area (Å²) in [6, 6.07) is 1.32. The Morgan fingerprint density at radius 1 is 1.38 bits per heavy atom. The molecule has 2 unspecified atom stereocenters. The lowest BCUT2D eigenvalue weighted by Gasteiger charge is -2.43. The second kappa shape index (κ2) is 5.03. The number of rotatable bonds is 4. The molecule has 1 heterocycles. The van der Waals surface area contributed by atoms with Crippen molar-refractivity contribution in [1.82, 2.24) is 5.32 Å². The molecular weight excluding hydrogens is 202 g/mol. The Kier molecular flexibility index (Phi) is 3.88. The molecule has 94 valence electrons. The first-order valence-corrected chi connectivity index (χ1v) is 6.58. The third-order valence-corrected chi connectivity index (χ3v) is 4.24. The smallest absolute Gasteiger partial charge is 0.0666 e. The van der Waals surface area contributed by atoms with E-state index in [-0.39, 0.29) is 5.60 Å². The number of nitrogens with one attached hydrogen (secondary N) is 1. The largest absolute Gasteiger partial charge is 0.381 e. The van der Waals surface area contributed by atoms with Crippen LogP contribution >= 0.6 is 0 Å². The fourth-order valence-corrected chi connectivity index (χ4v) is 2.75. The summed E-state index contributed by atoms with van der Waals surface area (Å²) in [5.41, 5.74) is 0.0975. The van der Waals surface area contributed by atoms with E-state index in [0.717, 1.165) is 25.9 Å². The van der Waals surface area contributed by atoms with E-state index >= 15 is 0 Å². The van der Waals surface area contributed by atoms with Gasteiger partial charge in [-0.2, -0.15) is 0 Å². The Morgan fingerprint density at radius 2 is 2.12 bits per heavy atom. The van der Waals surface area contributed by atoms with Crippen LogP contribution in [0.2, 0.25) is 0 Å². The van der Waals surface area contributed by atoms with Gasteiger partial charge in [0, 0.05) is 25.8 Å². The Bertz CT molecular complexity index is 228. The molecule has 0 aromatic carbocycles. The summed E-state index contributed by atoms with van der Waals surface area (Å²) < 4.78 is 11.2. The van der Waals surface area contributed by atoms with Crippen molar-refractivity contribution in [2.45, 2.75) is 69.7 Å². The fourth-order valence-electron chi connectivity index (χ4n) is 2.75. The first-order valence-electron chi connectivity index (χ1n) is 6.58. The highest BCUT2D eigenvalue weighted by Crippen LogP contribution is 2.30. The SMILES string of the molecule is CCC1(C)CC(NC2CC(OC)C2)CCO1. The van der Waals surface area contributed by atoms with Gasteiger partial charge in [0.25, 0.3) is 0 Å². The molecule has 0 aromatic heterocycles. The highest BCUT2D eigenvalue weighted by Gasteiger charge is 2.35. The zero-order valence-electron chi connectivity index (χ0n) is 10.8. The maximum absolute atomic E-state index is 5.86. The quantitative estimate of drug-likeness (QED) is 0.798. The lowest BCUT2D eigenvalue weighted by atomic mass is 9.85. The summed E-state index contributed by atoms with van der Waals surface area (Å²) in [5, 5.41) is 3.75. The summed E-state index contributed by atoms with van der Waals surface area (Å²) in [4.78, 5) is 0. The fraction of sp³-hybridized carbons (Fsp3) is 1.00. The molecule has 2 fully saturated rings. The molecule has 3 heteroatoms. The topological polar surface area (TPSA) is 30.5 Å². The Hall–Kier alpha value is -0.120. The minimum atomic E-state index is 0.0975. The second-order valence-corrected chi connectivity index (χ2v) is 5.53. The number of hydrogen-bond acceptors (Lipinski definition) is 3.